The number of carbonyl (C=O) groups excluding carboxylic acids is 2. The number of hydrogen-bond acceptors (Lipinski definition) is 9. The van der Waals surface area contributed by atoms with E-state index in [1.165, 1.54) is 40.1 Å². The van der Waals surface area contributed by atoms with Crippen molar-refractivity contribution >= 4 is 45.7 Å². The number of halogens is 1. The van der Waals surface area contributed by atoms with Gasteiger partial charge < -0.3 is 14.6 Å². The van der Waals surface area contributed by atoms with Crippen LogP contribution in [0.2, 0.25) is 0 Å². The highest BCUT2D eigenvalue weighted by Gasteiger charge is 2.48. The van der Waals surface area contributed by atoms with Crippen LogP contribution in [0.25, 0.3) is 5.76 Å². The van der Waals surface area contributed by atoms with Gasteiger partial charge in [0.25, 0.3) is 5.78 Å². The molecule has 3 heterocycles. The predicted molar refractivity (Wildman–Crippen MR) is 159 cm³/mol. The van der Waals surface area contributed by atoms with E-state index in [1.54, 1.807) is 30.3 Å². The Morgan fingerprint density at radius 2 is 1.74 bits per heavy atom. The third-order valence-corrected chi connectivity index (χ3v) is 9.18. The van der Waals surface area contributed by atoms with E-state index in [9.17, 15) is 19.1 Å². The van der Waals surface area contributed by atoms with Gasteiger partial charge in [-0.2, -0.15) is 0 Å². The van der Waals surface area contributed by atoms with Crippen molar-refractivity contribution in [3.63, 3.8) is 0 Å². The number of nitrogens with zero attached hydrogens (tertiary/aromatic N) is 3. The topological polar surface area (TPSA) is 102 Å². The van der Waals surface area contributed by atoms with Crippen molar-refractivity contribution in [2.45, 2.75) is 35.9 Å². The van der Waals surface area contributed by atoms with Gasteiger partial charge in [0.1, 0.15) is 24.8 Å². The molecule has 1 atom stereocenters. The third-order valence-electron chi connectivity index (χ3n) is 7.06. The van der Waals surface area contributed by atoms with Crippen LogP contribution in [0.1, 0.15) is 48.1 Å². The van der Waals surface area contributed by atoms with Gasteiger partial charge in [-0.05, 0) is 52.9 Å². The molecule has 1 fully saturated rings. The average molecular weight is 604 g/mol. The number of thioether (sulfide) groups is 1. The molecule has 214 valence electrons. The van der Waals surface area contributed by atoms with Crippen LogP contribution in [0.15, 0.2) is 76.6 Å². The molecule has 1 amide bonds. The lowest BCUT2D eigenvalue weighted by molar-refractivity contribution is -0.132. The van der Waals surface area contributed by atoms with Crippen LogP contribution < -0.4 is 14.4 Å². The number of amides is 1. The Morgan fingerprint density at radius 3 is 2.45 bits per heavy atom. The normalized spacial score (nSPS) is 17.7. The van der Waals surface area contributed by atoms with Crippen molar-refractivity contribution < 1.29 is 28.6 Å². The first-order valence-corrected chi connectivity index (χ1v) is 15.1. The number of Topliss-reactive ketones (excluding diaryl/α,β-unsaturated/α-hetero) is 1. The zero-order valence-corrected chi connectivity index (χ0v) is 24.4. The summed E-state index contributed by atoms with van der Waals surface area (Å²) in [7, 11) is 0. The maximum atomic E-state index is 13.6. The van der Waals surface area contributed by atoms with Crippen LogP contribution in [0.5, 0.6) is 11.5 Å². The first-order valence-electron chi connectivity index (χ1n) is 13.3. The van der Waals surface area contributed by atoms with E-state index in [4.69, 9.17) is 9.47 Å². The van der Waals surface area contributed by atoms with Crippen molar-refractivity contribution in [2.75, 3.05) is 18.1 Å². The highest BCUT2D eigenvalue weighted by Crippen LogP contribution is 2.45. The molecule has 11 heteroatoms. The maximum Gasteiger partial charge on any atom is 0.301 e. The molecular weight excluding hydrogens is 577 g/mol. The lowest BCUT2D eigenvalue weighted by Gasteiger charge is -2.23. The highest BCUT2D eigenvalue weighted by atomic mass is 32.2. The second-order valence-electron chi connectivity index (χ2n) is 10.1. The molecule has 8 nitrogen and oxygen atoms in total. The van der Waals surface area contributed by atoms with Crippen molar-refractivity contribution in [3.8, 4) is 11.5 Å². The number of aliphatic hydroxyl groups excluding tert-OH is 1. The van der Waals surface area contributed by atoms with Crippen molar-refractivity contribution in [3.05, 3.63) is 100 Å². The number of carbonyl (C=O) groups is 2. The molecule has 3 aromatic carbocycles. The summed E-state index contributed by atoms with van der Waals surface area (Å²) in [4.78, 5) is 28.4. The Hall–Kier alpha value is -4.22. The van der Waals surface area contributed by atoms with E-state index in [0.717, 1.165) is 11.1 Å². The first kappa shape index (κ1) is 27.9. The molecule has 0 bridgehead atoms. The van der Waals surface area contributed by atoms with E-state index < -0.39 is 17.7 Å². The largest absolute Gasteiger partial charge is 0.507 e. The Kier molecular flexibility index (Phi) is 7.70. The predicted octanol–water partition coefficient (Wildman–Crippen LogP) is 6.49. The van der Waals surface area contributed by atoms with Gasteiger partial charge >= 0.3 is 5.91 Å². The lowest BCUT2D eigenvalue weighted by Crippen LogP contribution is -2.29. The number of aliphatic hydroxyl groups is 1. The van der Waals surface area contributed by atoms with Gasteiger partial charge in [0.2, 0.25) is 5.13 Å². The smallest absolute Gasteiger partial charge is 0.301 e. The summed E-state index contributed by atoms with van der Waals surface area (Å²) in [6, 6.07) is 17.8. The fourth-order valence-corrected chi connectivity index (χ4v) is 6.66. The molecule has 0 aliphatic carbocycles. The minimum absolute atomic E-state index is 0.0512. The Balaban J connectivity index is 1.39. The van der Waals surface area contributed by atoms with E-state index in [-0.39, 0.29) is 28.2 Å². The van der Waals surface area contributed by atoms with Gasteiger partial charge in [-0.15, -0.1) is 10.2 Å². The number of rotatable bonds is 7. The van der Waals surface area contributed by atoms with Crippen LogP contribution in [0.4, 0.5) is 9.52 Å². The molecule has 0 spiro atoms. The van der Waals surface area contributed by atoms with Crippen LogP contribution in [-0.4, -0.2) is 40.2 Å². The lowest BCUT2D eigenvalue weighted by atomic mass is 9.93. The summed E-state index contributed by atoms with van der Waals surface area (Å²) in [5.41, 5.74) is 2.92. The average Bonchev–Trinajstić information content (AvgIpc) is 3.58. The third kappa shape index (κ3) is 5.37. The van der Waals surface area contributed by atoms with Gasteiger partial charge in [-0.3, -0.25) is 14.5 Å². The molecule has 6 rings (SSSR count). The quantitative estimate of drug-likeness (QED) is 0.0841. The molecule has 4 aromatic rings. The summed E-state index contributed by atoms with van der Waals surface area (Å²) in [5.74, 6) is -0.460. The molecule has 1 N–H and O–H groups in total. The molecule has 42 heavy (non-hydrogen) atoms. The molecule has 2 aliphatic rings. The zero-order valence-electron chi connectivity index (χ0n) is 22.7. The second-order valence-corrected chi connectivity index (χ2v) is 12.3. The van der Waals surface area contributed by atoms with Crippen LogP contribution in [-0.2, 0) is 15.3 Å². The number of hydrogen-bond donors (Lipinski definition) is 1. The monoisotopic (exact) mass is 603 g/mol. The minimum atomic E-state index is -0.928. The molecule has 0 saturated carbocycles. The van der Waals surface area contributed by atoms with Crippen molar-refractivity contribution in [1.82, 2.24) is 10.2 Å². The summed E-state index contributed by atoms with van der Waals surface area (Å²) < 4.78 is 25.1. The summed E-state index contributed by atoms with van der Waals surface area (Å²) in [6.07, 6.45) is 0. The van der Waals surface area contributed by atoms with E-state index in [1.807, 2.05) is 24.3 Å². The number of fused-ring (bicyclic) bond motifs is 1. The van der Waals surface area contributed by atoms with E-state index in [2.05, 4.69) is 24.0 Å². The van der Waals surface area contributed by atoms with Crippen molar-refractivity contribution in [1.29, 1.82) is 0 Å². The zero-order chi connectivity index (χ0) is 29.4. The Morgan fingerprint density at radius 1 is 1.02 bits per heavy atom. The van der Waals surface area contributed by atoms with Gasteiger partial charge in [0.15, 0.2) is 15.8 Å². The van der Waals surface area contributed by atoms with Gasteiger partial charge in [-0.25, -0.2) is 4.39 Å². The minimum Gasteiger partial charge on any atom is -0.507 e. The fraction of sp³-hybridized carbons (Fsp3) is 0.226. The number of ether oxygens (including phenoxy) is 2. The second kappa shape index (κ2) is 11.6. The number of ketones is 1. The highest BCUT2D eigenvalue weighted by molar-refractivity contribution is 8.00. The van der Waals surface area contributed by atoms with E-state index >= 15 is 0 Å². The number of benzene rings is 3. The summed E-state index contributed by atoms with van der Waals surface area (Å²) in [5, 5.41) is 20.2. The van der Waals surface area contributed by atoms with Gasteiger partial charge in [0.05, 0.1) is 11.6 Å². The molecule has 0 unspecified atom stereocenters. The SMILES string of the molecule is CC(C)c1ccc([C@H]2C(=C(O)c3ccc4c(c3)OCCO4)C(=O)C(=O)N2c2nnc(SCc3ccc(F)cc3)s2)cc1. The maximum absolute atomic E-state index is 13.6. The summed E-state index contributed by atoms with van der Waals surface area (Å²) >= 11 is 2.56. The number of aromatic nitrogens is 2. The molecule has 1 aromatic heterocycles. The van der Waals surface area contributed by atoms with Gasteiger partial charge in [0, 0.05) is 11.3 Å². The van der Waals surface area contributed by atoms with Crippen LogP contribution in [0, 0.1) is 5.82 Å². The standard InChI is InChI=1S/C31H26FN3O5S2/c1-17(2)19-5-7-20(8-6-19)26-25(27(36)21-9-12-23-24(15-21)40-14-13-39-23)28(37)29(38)35(26)30-33-34-31(42-30)41-16-18-3-10-22(32)11-4-18/h3-12,15,17,26,36H,13-14,16H2,1-2H3/t26-/m0/s1. The molecule has 1 saturated heterocycles. The van der Waals surface area contributed by atoms with Crippen LogP contribution >= 0.6 is 23.1 Å². The Bertz CT molecular complexity index is 1690. The van der Waals surface area contributed by atoms with E-state index in [0.29, 0.717) is 45.9 Å². The molecular formula is C31H26FN3O5S2. The fourth-order valence-electron chi connectivity index (χ4n) is 4.84. The van der Waals surface area contributed by atoms with Crippen LogP contribution in [0.3, 0.4) is 0 Å². The Labute approximate surface area is 249 Å². The van der Waals surface area contributed by atoms with Crippen molar-refractivity contribution in [2.24, 2.45) is 0 Å². The molecule has 2 aliphatic heterocycles. The van der Waals surface area contributed by atoms with Gasteiger partial charge in [-0.1, -0.05) is 73.3 Å². The molecule has 0 radical (unpaired) electrons. The first-order chi connectivity index (χ1) is 20.3. The summed E-state index contributed by atoms with van der Waals surface area (Å²) in [6.45, 7) is 4.94. The number of anilines is 1.